The van der Waals surface area contributed by atoms with Crippen molar-refractivity contribution in [1.82, 2.24) is 5.32 Å². The fourth-order valence-electron chi connectivity index (χ4n) is 4.31. The van der Waals surface area contributed by atoms with Crippen LogP contribution < -0.4 is 5.32 Å². The first-order valence-electron chi connectivity index (χ1n) is 8.44. The van der Waals surface area contributed by atoms with Crippen LogP contribution >= 0.6 is 0 Å². The van der Waals surface area contributed by atoms with Crippen molar-refractivity contribution in [3.63, 3.8) is 0 Å². The van der Waals surface area contributed by atoms with Crippen LogP contribution in [0.2, 0.25) is 0 Å². The fourth-order valence-corrected chi connectivity index (χ4v) is 4.31. The van der Waals surface area contributed by atoms with E-state index >= 15 is 0 Å². The van der Waals surface area contributed by atoms with Gasteiger partial charge < -0.3 is 5.32 Å². The summed E-state index contributed by atoms with van der Waals surface area (Å²) in [6.07, 6.45) is 15.0. The van der Waals surface area contributed by atoms with Gasteiger partial charge >= 0.3 is 0 Å². The van der Waals surface area contributed by atoms with Crippen LogP contribution in [0.1, 0.15) is 78.1 Å². The van der Waals surface area contributed by atoms with Crippen molar-refractivity contribution in [3.8, 4) is 0 Å². The number of hydrogen-bond donors (Lipinski definition) is 1. The van der Waals surface area contributed by atoms with Gasteiger partial charge in [0.2, 0.25) is 0 Å². The molecule has 0 heterocycles. The van der Waals surface area contributed by atoms with E-state index in [4.69, 9.17) is 0 Å². The lowest BCUT2D eigenvalue weighted by atomic mass is 9.61. The summed E-state index contributed by atoms with van der Waals surface area (Å²) in [7, 11) is 0. The van der Waals surface area contributed by atoms with E-state index in [-0.39, 0.29) is 0 Å². The number of hydrogen-bond acceptors (Lipinski definition) is 1. The second-order valence-electron chi connectivity index (χ2n) is 7.28. The first-order valence-corrected chi connectivity index (χ1v) is 8.44. The molecule has 0 unspecified atom stereocenters. The molecule has 2 aliphatic rings. The van der Waals surface area contributed by atoms with Gasteiger partial charge in [0.15, 0.2) is 0 Å². The second kappa shape index (κ2) is 6.93. The third-order valence-corrected chi connectivity index (χ3v) is 5.35. The zero-order valence-electron chi connectivity index (χ0n) is 12.6. The molecule has 1 heteroatoms. The average molecular weight is 251 g/mol. The van der Waals surface area contributed by atoms with Gasteiger partial charge in [-0.05, 0) is 49.5 Å². The lowest BCUT2D eigenvalue weighted by Gasteiger charge is -2.46. The normalized spacial score (nSPS) is 25.5. The highest BCUT2D eigenvalue weighted by atomic mass is 14.9. The molecule has 0 aromatic heterocycles. The summed E-state index contributed by atoms with van der Waals surface area (Å²) < 4.78 is 0. The Bertz CT molecular complexity index is 222. The monoisotopic (exact) mass is 251 g/mol. The second-order valence-corrected chi connectivity index (χ2v) is 7.28. The third kappa shape index (κ3) is 3.73. The average Bonchev–Trinajstić information content (AvgIpc) is 2.40. The Balaban J connectivity index is 1.92. The Labute approximate surface area is 114 Å². The van der Waals surface area contributed by atoms with Crippen molar-refractivity contribution in [2.75, 3.05) is 13.1 Å². The van der Waals surface area contributed by atoms with Gasteiger partial charge in [-0.2, -0.15) is 0 Å². The molecule has 0 saturated heterocycles. The molecule has 0 aliphatic heterocycles. The van der Waals surface area contributed by atoms with Crippen LogP contribution in [0.25, 0.3) is 0 Å². The van der Waals surface area contributed by atoms with Gasteiger partial charge in [-0.15, -0.1) is 0 Å². The third-order valence-electron chi connectivity index (χ3n) is 5.35. The number of rotatable bonds is 5. The molecule has 2 saturated carbocycles. The van der Waals surface area contributed by atoms with Gasteiger partial charge in [0.25, 0.3) is 0 Å². The topological polar surface area (TPSA) is 12.0 Å². The largest absolute Gasteiger partial charge is 0.316 e. The standard InChI is InChI=1S/C17H33N/c1-15(2)13-18-14-17(11-7-4-8-12-17)16-9-5-3-6-10-16/h15-16,18H,3-14H2,1-2H3. The van der Waals surface area contributed by atoms with E-state index in [9.17, 15) is 0 Å². The summed E-state index contributed by atoms with van der Waals surface area (Å²) in [5, 5.41) is 3.79. The van der Waals surface area contributed by atoms with Gasteiger partial charge in [0.1, 0.15) is 0 Å². The van der Waals surface area contributed by atoms with Crippen molar-refractivity contribution < 1.29 is 0 Å². The van der Waals surface area contributed by atoms with E-state index in [1.54, 1.807) is 0 Å². The molecule has 2 aliphatic carbocycles. The van der Waals surface area contributed by atoms with Crippen LogP contribution in [-0.4, -0.2) is 13.1 Å². The molecule has 0 atom stereocenters. The first kappa shape index (κ1) is 14.4. The molecular weight excluding hydrogens is 218 g/mol. The summed E-state index contributed by atoms with van der Waals surface area (Å²) >= 11 is 0. The molecule has 1 N–H and O–H groups in total. The molecule has 18 heavy (non-hydrogen) atoms. The minimum atomic E-state index is 0.674. The Hall–Kier alpha value is -0.0400. The minimum absolute atomic E-state index is 0.674. The molecule has 0 amide bonds. The highest BCUT2D eigenvalue weighted by Gasteiger charge is 2.39. The molecule has 0 aromatic rings. The highest BCUT2D eigenvalue weighted by Crippen LogP contribution is 2.47. The van der Waals surface area contributed by atoms with E-state index in [1.165, 1.54) is 77.3 Å². The molecule has 0 spiro atoms. The Morgan fingerprint density at radius 1 is 0.944 bits per heavy atom. The van der Waals surface area contributed by atoms with Crippen molar-refractivity contribution >= 4 is 0 Å². The summed E-state index contributed by atoms with van der Waals surface area (Å²) in [6, 6.07) is 0. The van der Waals surface area contributed by atoms with Crippen molar-refractivity contribution in [2.24, 2.45) is 17.3 Å². The van der Waals surface area contributed by atoms with E-state index < -0.39 is 0 Å². The number of nitrogens with one attached hydrogen (secondary N) is 1. The quantitative estimate of drug-likeness (QED) is 0.742. The molecule has 1 nitrogen and oxygen atoms in total. The van der Waals surface area contributed by atoms with Crippen molar-refractivity contribution in [1.29, 1.82) is 0 Å². The van der Waals surface area contributed by atoms with E-state index in [1.807, 2.05) is 0 Å². The summed E-state index contributed by atoms with van der Waals surface area (Å²) in [5.74, 6) is 1.82. The smallest absolute Gasteiger partial charge is 0.00106 e. The predicted molar refractivity (Wildman–Crippen MR) is 79.8 cm³/mol. The SMILES string of the molecule is CC(C)CNCC1(C2CCCCC2)CCCCC1. The molecule has 0 aromatic carbocycles. The Morgan fingerprint density at radius 3 is 2.17 bits per heavy atom. The molecule has 2 fully saturated rings. The lowest BCUT2D eigenvalue weighted by Crippen LogP contribution is -2.43. The van der Waals surface area contributed by atoms with Gasteiger partial charge in [-0.25, -0.2) is 0 Å². The molecule has 0 bridgehead atoms. The van der Waals surface area contributed by atoms with Crippen LogP contribution in [0.5, 0.6) is 0 Å². The zero-order valence-corrected chi connectivity index (χ0v) is 12.6. The van der Waals surface area contributed by atoms with E-state index in [0.717, 1.165) is 11.8 Å². The Kier molecular flexibility index (Phi) is 5.54. The van der Waals surface area contributed by atoms with Gasteiger partial charge in [0, 0.05) is 6.54 Å². The van der Waals surface area contributed by atoms with Crippen molar-refractivity contribution in [2.45, 2.75) is 78.1 Å². The summed E-state index contributed by atoms with van der Waals surface area (Å²) in [6.45, 7) is 7.15. The van der Waals surface area contributed by atoms with Gasteiger partial charge in [-0.3, -0.25) is 0 Å². The van der Waals surface area contributed by atoms with Crippen molar-refractivity contribution in [3.05, 3.63) is 0 Å². The van der Waals surface area contributed by atoms with Gasteiger partial charge in [-0.1, -0.05) is 52.4 Å². The highest BCUT2D eigenvalue weighted by molar-refractivity contribution is 4.92. The fraction of sp³-hybridized carbons (Fsp3) is 1.00. The maximum atomic E-state index is 3.79. The predicted octanol–water partition coefficient (Wildman–Crippen LogP) is 4.76. The molecule has 2 rings (SSSR count). The van der Waals surface area contributed by atoms with Crippen LogP contribution in [-0.2, 0) is 0 Å². The molecule has 106 valence electrons. The van der Waals surface area contributed by atoms with E-state index in [2.05, 4.69) is 19.2 Å². The summed E-state index contributed by atoms with van der Waals surface area (Å²) in [4.78, 5) is 0. The van der Waals surface area contributed by atoms with E-state index in [0.29, 0.717) is 5.41 Å². The Morgan fingerprint density at radius 2 is 1.56 bits per heavy atom. The summed E-state index contributed by atoms with van der Waals surface area (Å²) in [5.41, 5.74) is 0.674. The zero-order chi connectivity index (χ0) is 12.8. The first-order chi connectivity index (χ1) is 8.73. The lowest BCUT2D eigenvalue weighted by molar-refractivity contribution is 0.0658. The minimum Gasteiger partial charge on any atom is -0.316 e. The maximum Gasteiger partial charge on any atom is 0.00106 e. The maximum absolute atomic E-state index is 3.79. The van der Waals surface area contributed by atoms with Gasteiger partial charge in [0.05, 0.1) is 0 Å². The molecular formula is C17H33N. The van der Waals surface area contributed by atoms with Crippen LogP contribution in [0.15, 0.2) is 0 Å². The van der Waals surface area contributed by atoms with Crippen LogP contribution in [0, 0.1) is 17.3 Å². The molecule has 0 radical (unpaired) electrons. The van der Waals surface area contributed by atoms with Crippen LogP contribution in [0.4, 0.5) is 0 Å². The van der Waals surface area contributed by atoms with Crippen LogP contribution in [0.3, 0.4) is 0 Å².